The van der Waals surface area contributed by atoms with Gasteiger partial charge in [0.15, 0.2) is 9.84 Å². The normalized spacial score (nSPS) is 17.2. The van der Waals surface area contributed by atoms with E-state index < -0.39 is 9.84 Å². The van der Waals surface area contributed by atoms with Gasteiger partial charge in [-0.2, -0.15) is 0 Å². The minimum Gasteiger partial charge on any atom is -0.397 e. The van der Waals surface area contributed by atoms with Crippen LogP contribution in [0, 0.1) is 5.92 Å². The number of rotatable bonds is 4. The zero-order valence-corrected chi connectivity index (χ0v) is 12.2. The van der Waals surface area contributed by atoms with Gasteiger partial charge in [0.05, 0.1) is 10.6 Å². The van der Waals surface area contributed by atoms with Crippen molar-refractivity contribution in [3.05, 3.63) is 18.2 Å². The largest absolute Gasteiger partial charge is 0.397 e. The van der Waals surface area contributed by atoms with E-state index in [0.717, 1.165) is 16.6 Å². The van der Waals surface area contributed by atoms with E-state index in [1.165, 1.54) is 31.9 Å². The molecule has 1 aliphatic rings. The van der Waals surface area contributed by atoms with E-state index >= 15 is 0 Å². The Bertz CT molecular complexity index is 520. The number of anilines is 1. The van der Waals surface area contributed by atoms with Crippen LogP contribution < -0.4 is 5.73 Å². The third-order valence-corrected chi connectivity index (χ3v) is 5.83. The van der Waals surface area contributed by atoms with Gasteiger partial charge in [0.2, 0.25) is 0 Å². The summed E-state index contributed by atoms with van der Waals surface area (Å²) < 4.78 is 23.2. The molecule has 1 aromatic rings. The first-order valence-electron chi connectivity index (χ1n) is 6.20. The van der Waals surface area contributed by atoms with Crippen molar-refractivity contribution >= 4 is 27.3 Å². The number of nitrogens with two attached hydrogens (primary N) is 1. The summed E-state index contributed by atoms with van der Waals surface area (Å²) in [6.45, 7) is 0. The molecule has 2 N–H and O–H groups in total. The molecule has 0 radical (unpaired) electrons. The highest BCUT2D eigenvalue weighted by atomic mass is 32.2. The summed E-state index contributed by atoms with van der Waals surface area (Å²) in [5.74, 6) is 1.80. The lowest BCUT2D eigenvalue weighted by Crippen LogP contribution is -2.04. The van der Waals surface area contributed by atoms with Gasteiger partial charge in [0.25, 0.3) is 0 Å². The molecule has 1 aromatic carbocycles. The predicted molar refractivity (Wildman–Crippen MR) is 76.6 cm³/mol. The average molecular weight is 285 g/mol. The van der Waals surface area contributed by atoms with Crippen LogP contribution in [-0.2, 0) is 9.84 Å². The van der Waals surface area contributed by atoms with E-state index in [1.807, 2.05) is 6.07 Å². The van der Waals surface area contributed by atoms with Crippen molar-refractivity contribution < 1.29 is 8.42 Å². The first-order valence-corrected chi connectivity index (χ1v) is 9.07. The third kappa shape index (κ3) is 3.20. The highest BCUT2D eigenvalue weighted by Gasteiger charge is 2.18. The lowest BCUT2D eigenvalue weighted by Gasteiger charge is -2.12. The Morgan fingerprint density at radius 2 is 2.00 bits per heavy atom. The minimum atomic E-state index is -3.23. The molecular weight excluding hydrogens is 266 g/mol. The molecule has 0 amide bonds. The van der Waals surface area contributed by atoms with Gasteiger partial charge in [0, 0.05) is 16.9 Å². The molecule has 0 atom stereocenters. The van der Waals surface area contributed by atoms with Crippen LogP contribution >= 0.6 is 11.8 Å². The second-order valence-electron chi connectivity index (χ2n) is 4.90. The van der Waals surface area contributed by atoms with Crippen LogP contribution in [0.2, 0.25) is 0 Å². The number of hydrogen-bond donors (Lipinski definition) is 1. The summed E-state index contributed by atoms with van der Waals surface area (Å²) in [4.78, 5) is 1.14. The molecule has 0 aliphatic heterocycles. The number of para-hydroxylation sites is 1. The lowest BCUT2D eigenvalue weighted by molar-refractivity contribution is 0.602. The number of thioether (sulfide) groups is 1. The molecule has 18 heavy (non-hydrogen) atoms. The highest BCUT2D eigenvalue weighted by Crippen LogP contribution is 2.35. The van der Waals surface area contributed by atoms with Crippen molar-refractivity contribution in [3.63, 3.8) is 0 Å². The molecule has 0 unspecified atom stereocenters. The molecule has 0 spiro atoms. The zero-order valence-electron chi connectivity index (χ0n) is 10.6. The summed E-state index contributed by atoms with van der Waals surface area (Å²) in [6.07, 6.45) is 6.43. The van der Waals surface area contributed by atoms with E-state index in [2.05, 4.69) is 0 Å². The smallest absolute Gasteiger partial charge is 0.177 e. The summed E-state index contributed by atoms with van der Waals surface area (Å²) >= 11 is 1.69. The minimum absolute atomic E-state index is 0.249. The Labute approximate surface area is 113 Å². The van der Waals surface area contributed by atoms with Crippen molar-refractivity contribution in [1.82, 2.24) is 0 Å². The fraction of sp³-hybridized carbons (Fsp3) is 0.538. The Hall–Kier alpha value is -0.680. The van der Waals surface area contributed by atoms with E-state index in [1.54, 1.807) is 23.9 Å². The zero-order chi connectivity index (χ0) is 13.2. The molecule has 2 rings (SSSR count). The lowest BCUT2D eigenvalue weighted by atomic mass is 10.1. The molecule has 5 heteroatoms. The van der Waals surface area contributed by atoms with Gasteiger partial charge >= 0.3 is 0 Å². The molecule has 0 heterocycles. The van der Waals surface area contributed by atoms with Crippen molar-refractivity contribution in [2.75, 3.05) is 17.7 Å². The third-order valence-electron chi connectivity index (χ3n) is 3.37. The van der Waals surface area contributed by atoms with E-state index in [4.69, 9.17) is 5.73 Å². The number of hydrogen-bond acceptors (Lipinski definition) is 4. The Kier molecular flexibility index (Phi) is 4.22. The van der Waals surface area contributed by atoms with Gasteiger partial charge in [-0.1, -0.05) is 18.9 Å². The molecule has 1 aliphatic carbocycles. The van der Waals surface area contributed by atoms with Crippen molar-refractivity contribution in [2.45, 2.75) is 35.5 Å². The van der Waals surface area contributed by atoms with Crippen molar-refractivity contribution in [2.24, 2.45) is 5.92 Å². The summed E-state index contributed by atoms with van der Waals surface area (Å²) in [7, 11) is -3.23. The van der Waals surface area contributed by atoms with E-state index in [0.29, 0.717) is 5.69 Å². The van der Waals surface area contributed by atoms with Crippen molar-refractivity contribution in [1.29, 1.82) is 0 Å². The Morgan fingerprint density at radius 1 is 1.33 bits per heavy atom. The van der Waals surface area contributed by atoms with Gasteiger partial charge in [0.1, 0.15) is 0 Å². The Balaban J connectivity index is 2.13. The quantitative estimate of drug-likeness (QED) is 0.682. The predicted octanol–water partition coefficient (Wildman–Crippen LogP) is 2.95. The molecule has 1 fully saturated rings. The molecule has 3 nitrogen and oxygen atoms in total. The fourth-order valence-electron chi connectivity index (χ4n) is 2.36. The summed E-state index contributed by atoms with van der Waals surface area (Å²) in [5, 5.41) is 0. The monoisotopic (exact) mass is 285 g/mol. The fourth-order valence-corrected chi connectivity index (χ4v) is 4.45. The highest BCUT2D eigenvalue weighted by molar-refractivity contribution is 7.99. The molecule has 0 saturated heterocycles. The van der Waals surface area contributed by atoms with Gasteiger partial charge in [-0.15, -0.1) is 11.8 Å². The van der Waals surface area contributed by atoms with E-state index in [-0.39, 0.29) is 4.90 Å². The van der Waals surface area contributed by atoms with Crippen LogP contribution in [0.3, 0.4) is 0 Å². The van der Waals surface area contributed by atoms with Crippen molar-refractivity contribution in [3.8, 4) is 0 Å². The van der Waals surface area contributed by atoms with Crippen LogP contribution in [-0.4, -0.2) is 20.4 Å². The maximum Gasteiger partial charge on any atom is 0.177 e. The van der Waals surface area contributed by atoms with Crippen LogP contribution in [0.5, 0.6) is 0 Å². The number of nitrogen functional groups attached to an aromatic ring is 1. The van der Waals surface area contributed by atoms with Crippen LogP contribution in [0.25, 0.3) is 0 Å². The van der Waals surface area contributed by atoms with Crippen LogP contribution in [0.4, 0.5) is 5.69 Å². The maximum absolute atomic E-state index is 11.6. The van der Waals surface area contributed by atoms with Gasteiger partial charge in [-0.05, 0) is 30.9 Å². The molecule has 1 saturated carbocycles. The SMILES string of the molecule is CS(=O)(=O)c1cccc(SCC2CCCC2)c1N. The molecular formula is C13H19NO2S2. The topological polar surface area (TPSA) is 60.2 Å². The van der Waals surface area contributed by atoms with Gasteiger partial charge in [-0.25, -0.2) is 8.42 Å². The number of benzene rings is 1. The first-order chi connectivity index (χ1) is 8.48. The van der Waals surface area contributed by atoms with Gasteiger partial charge in [-0.3, -0.25) is 0 Å². The second-order valence-corrected chi connectivity index (χ2v) is 7.95. The molecule has 0 aromatic heterocycles. The molecule has 0 bridgehead atoms. The second kappa shape index (κ2) is 5.53. The van der Waals surface area contributed by atoms with E-state index in [9.17, 15) is 8.42 Å². The first kappa shape index (κ1) is 13.7. The summed E-state index contributed by atoms with van der Waals surface area (Å²) in [5.41, 5.74) is 6.36. The standard InChI is InChI=1S/C13H19NO2S2/c1-18(15,16)12-8-4-7-11(13(12)14)17-9-10-5-2-3-6-10/h4,7-8,10H,2-3,5-6,9,14H2,1H3. The Morgan fingerprint density at radius 3 is 2.61 bits per heavy atom. The molecule has 100 valence electrons. The average Bonchev–Trinajstić information content (AvgIpc) is 2.79. The summed E-state index contributed by atoms with van der Waals surface area (Å²) in [6, 6.07) is 5.25. The van der Waals surface area contributed by atoms with Gasteiger partial charge < -0.3 is 5.73 Å². The van der Waals surface area contributed by atoms with Crippen LogP contribution in [0.1, 0.15) is 25.7 Å². The maximum atomic E-state index is 11.6. The number of sulfone groups is 1. The van der Waals surface area contributed by atoms with Crippen LogP contribution in [0.15, 0.2) is 28.0 Å².